The van der Waals surface area contributed by atoms with Crippen molar-refractivity contribution in [3.63, 3.8) is 0 Å². The average Bonchev–Trinajstić information content (AvgIpc) is 3.41. The maximum absolute atomic E-state index is 13.1. The summed E-state index contributed by atoms with van der Waals surface area (Å²) < 4.78 is 4.89. The normalized spacial score (nSPS) is 12.0. The van der Waals surface area contributed by atoms with E-state index >= 15 is 0 Å². The fourth-order valence-electron chi connectivity index (χ4n) is 3.75. The van der Waals surface area contributed by atoms with E-state index in [9.17, 15) is 9.59 Å². The highest BCUT2D eigenvalue weighted by atomic mass is 32.2. The van der Waals surface area contributed by atoms with Crippen LogP contribution in [0.1, 0.15) is 37.9 Å². The molecule has 182 valence electrons. The van der Waals surface area contributed by atoms with Gasteiger partial charge in [0.15, 0.2) is 0 Å². The van der Waals surface area contributed by atoms with Crippen molar-refractivity contribution < 1.29 is 4.79 Å². The summed E-state index contributed by atoms with van der Waals surface area (Å²) in [6.45, 7) is 5.74. The summed E-state index contributed by atoms with van der Waals surface area (Å²) in [4.78, 5) is 26.1. The van der Waals surface area contributed by atoms with Gasteiger partial charge in [-0.1, -0.05) is 55.4 Å². The van der Waals surface area contributed by atoms with E-state index in [2.05, 4.69) is 39.9 Å². The van der Waals surface area contributed by atoms with Gasteiger partial charge in [-0.05, 0) is 66.9 Å². The first kappa shape index (κ1) is 24.5. The zero-order valence-electron chi connectivity index (χ0n) is 20.3. The van der Waals surface area contributed by atoms with Gasteiger partial charge < -0.3 is 5.32 Å². The number of anilines is 1. The minimum atomic E-state index is -0.534. The van der Waals surface area contributed by atoms with Crippen molar-refractivity contribution >= 4 is 23.4 Å². The van der Waals surface area contributed by atoms with Crippen LogP contribution in [0.25, 0.3) is 11.4 Å². The van der Waals surface area contributed by atoms with Crippen LogP contribution in [0.5, 0.6) is 0 Å². The average molecular weight is 492 g/mol. The number of nitrogens with zero attached hydrogens (tertiary/aromatic N) is 6. The highest BCUT2D eigenvalue weighted by molar-refractivity contribution is 8.00. The molecule has 0 fully saturated rings. The SMILES string of the molecule is CCCCc1ccc(-n2nnnc2S[C@H](C)C(=O)Nc2c(C)n(C)n(-c3ccccc3)c2=O)cc1. The maximum atomic E-state index is 13.1. The van der Waals surface area contributed by atoms with Crippen LogP contribution in [0, 0.1) is 6.92 Å². The number of para-hydroxylation sites is 1. The Kier molecular flexibility index (Phi) is 7.50. The number of thioether (sulfide) groups is 1. The van der Waals surface area contributed by atoms with Crippen LogP contribution in [0.3, 0.4) is 0 Å². The van der Waals surface area contributed by atoms with Crippen LogP contribution in [0.15, 0.2) is 64.5 Å². The van der Waals surface area contributed by atoms with Gasteiger partial charge in [0.25, 0.3) is 5.56 Å². The van der Waals surface area contributed by atoms with Gasteiger partial charge in [0.2, 0.25) is 11.1 Å². The van der Waals surface area contributed by atoms with Crippen molar-refractivity contribution in [1.29, 1.82) is 0 Å². The first-order chi connectivity index (χ1) is 16.9. The molecule has 0 unspecified atom stereocenters. The lowest BCUT2D eigenvalue weighted by Crippen LogP contribution is -2.27. The first-order valence-electron chi connectivity index (χ1n) is 11.6. The molecule has 4 aromatic rings. The van der Waals surface area contributed by atoms with E-state index in [0.29, 0.717) is 10.9 Å². The van der Waals surface area contributed by atoms with E-state index in [1.165, 1.54) is 22.0 Å². The molecule has 0 aliphatic rings. The summed E-state index contributed by atoms with van der Waals surface area (Å²) in [5.41, 5.74) is 3.47. The minimum Gasteiger partial charge on any atom is -0.319 e. The predicted octanol–water partition coefficient (Wildman–Crippen LogP) is 3.92. The molecule has 2 aromatic carbocycles. The van der Waals surface area contributed by atoms with Crippen molar-refractivity contribution in [2.45, 2.75) is 50.4 Å². The van der Waals surface area contributed by atoms with Gasteiger partial charge in [-0.2, -0.15) is 4.68 Å². The molecule has 0 saturated heterocycles. The van der Waals surface area contributed by atoms with Crippen LogP contribution >= 0.6 is 11.8 Å². The van der Waals surface area contributed by atoms with Crippen molar-refractivity contribution in [3.05, 3.63) is 76.2 Å². The molecule has 9 nitrogen and oxygen atoms in total. The third-order valence-corrected chi connectivity index (χ3v) is 6.93. The van der Waals surface area contributed by atoms with Crippen molar-refractivity contribution in [3.8, 4) is 11.4 Å². The quantitative estimate of drug-likeness (QED) is 0.356. The summed E-state index contributed by atoms with van der Waals surface area (Å²) in [5.74, 6) is -0.300. The molecule has 0 saturated carbocycles. The molecule has 0 aliphatic carbocycles. The number of unbranched alkanes of at least 4 members (excludes halogenated alkanes) is 1. The largest absolute Gasteiger partial charge is 0.319 e. The summed E-state index contributed by atoms with van der Waals surface area (Å²) in [5, 5.41) is 14.8. The molecule has 0 aliphatic heterocycles. The second-order valence-electron chi connectivity index (χ2n) is 8.33. The molecule has 1 atom stereocenters. The van der Waals surface area contributed by atoms with Crippen molar-refractivity contribution in [2.75, 3.05) is 5.32 Å². The molecule has 10 heteroatoms. The third-order valence-electron chi connectivity index (χ3n) is 5.89. The summed E-state index contributed by atoms with van der Waals surface area (Å²) >= 11 is 1.24. The molecule has 0 bridgehead atoms. The van der Waals surface area contributed by atoms with E-state index < -0.39 is 5.25 Å². The first-order valence-corrected chi connectivity index (χ1v) is 12.5. The van der Waals surface area contributed by atoms with Crippen molar-refractivity contribution in [2.24, 2.45) is 7.05 Å². The summed E-state index contributed by atoms with van der Waals surface area (Å²) in [7, 11) is 1.79. The van der Waals surface area contributed by atoms with Gasteiger partial charge >= 0.3 is 0 Å². The van der Waals surface area contributed by atoms with E-state index in [1.807, 2.05) is 42.5 Å². The molecular formula is C25H29N7O2S. The zero-order valence-corrected chi connectivity index (χ0v) is 21.1. The lowest BCUT2D eigenvalue weighted by Gasteiger charge is -2.11. The molecule has 1 N–H and O–H groups in total. The second kappa shape index (κ2) is 10.7. The molecule has 35 heavy (non-hydrogen) atoms. The molecule has 0 spiro atoms. The van der Waals surface area contributed by atoms with Crippen LogP contribution in [-0.2, 0) is 18.3 Å². The summed E-state index contributed by atoms with van der Waals surface area (Å²) in [6.07, 6.45) is 3.34. The number of benzene rings is 2. The lowest BCUT2D eigenvalue weighted by atomic mass is 10.1. The number of tetrazole rings is 1. The monoisotopic (exact) mass is 491 g/mol. The van der Waals surface area contributed by atoms with Gasteiger partial charge in [0, 0.05) is 7.05 Å². The zero-order chi connectivity index (χ0) is 24.9. The van der Waals surface area contributed by atoms with E-state index in [-0.39, 0.29) is 17.2 Å². The Morgan fingerprint density at radius 3 is 2.49 bits per heavy atom. The molecule has 1 amide bonds. The Bertz CT molecular complexity index is 1360. The number of nitrogens with one attached hydrogen (secondary N) is 1. The third kappa shape index (κ3) is 5.22. The van der Waals surface area contributed by atoms with Gasteiger partial charge in [0.1, 0.15) is 5.69 Å². The standard InChI is InChI=1S/C25H29N7O2S/c1-5-6-10-19-13-15-20(16-14-19)31-25(27-28-29-31)35-18(3)23(33)26-22-17(2)30(4)32(24(22)34)21-11-8-7-9-12-21/h7-9,11-16,18H,5-6,10H2,1-4H3,(H,26,33)/t18-/m1/s1. The fraction of sp³-hybridized carbons (Fsp3) is 0.320. The lowest BCUT2D eigenvalue weighted by molar-refractivity contribution is -0.115. The molecule has 4 rings (SSSR count). The van der Waals surface area contributed by atoms with Gasteiger partial charge in [0.05, 0.1) is 22.3 Å². The second-order valence-corrected chi connectivity index (χ2v) is 9.64. The number of aromatic nitrogens is 6. The number of hydrogen-bond acceptors (Lipinski definition) is 6. The highest BCUT2D eigenvalue weighted by Gasteiger charge is 2.23. The molecule has 0 radical (unpaired) electrons. The van der Waals surface area contributed by atoms with Crippen LogP contribution in [-0.4, -0.2) is 40.7 Å². The van der Waals surface area contributed by atoms with Crippen LogP contribution in [0.2, 0.25) is 0 Å². The number of carbonyl (C=O) groups excluding carboxylic acids is 1. The molecular weight excluding hydrogens is 462 g/mol. The Labute approximate surface area is 208 Å². The van der Waals surface area contributed by atoms with Gasteiger partial charge in [-0.15, -0.1) is 5.10 Å². The Morgan fingerprint density at radius 1 is 1.09 bits per heavy atom. The van der Waals surface area contributed by atoms with Gasteiger partial charge in [-0.3, -0.25) is 14.3 Å². The Morgan fingerprint density at radius 2 is 1.80 bits per heavy atom. The smallest absolute Gasteiger partial charge is 0.295 e. The molecule has 2 aromatic heterocycles. The number of aryl methyl sites for hydroxylation is 1. The Hall–Kier alpha value is -3.66. The Balaban J connectivity index is 1.49. The van der Waals surface area contributed by atoms with Crippen LogP contribution < -0.4 is 10.9 Å². The van der Waals surface area contributed by atoms with E-state index in [4.69, 9.17) is 0 Å². The van der Waals surface area contributed by atoms with E-state index in [1.54, 1.807) is 30.3 Å². The molecule has 2 heterocycles. The maximum Gasteiger partial charge on any atom is 0.295 e. The fourth-order valence-corrected chi connectivity index (χ4v) is 4.56. The number of amides is 1. The minimum absolute atomic E-state index is 0.260. The van der Waals surface area contributed by atoms with E-state index in [0.717, 1.165) is 30.6 Å². The predicted molar refractivity (Wildman–Crippen MR) is 137 cm³/mol. The number of carbonyl (C=O) groups is 1. The topological polar surface area (TPSA) is 99.6 Å². The van der Waals surface area contributed by atoms with Crippen molar-refractivity contribution in [1.82, 2.24) is 29.6 Å². The summed E-state index contributed by atoms with van der Waals surface area (Å²) in [6, 6.07) is 17.4. The van der Waals surface area contributed by atoms with Gasteiger partial charge in [-0.25, -0.2) is 4.68 Å². The number of rotatable bonds is 9. The number of hydrogen-bond donors (Lipinski definition) is 1. The highest BCUT2D eigenvalue weighted by Crippen LogP contribution is 2.24. The van der Waals surface area contributed by atoms with Crippen LogP contribution in [0.4, 0.5) is 5.69 Å².